The molecule has 0 spiro atoms. The van der Waals surface area contributed by atoms with Crippen molar-refractivity contribution in [3.8, 4) is 0 Å². The Kier molecular flexibility index (Phi) is 6.93. The molecule has 7 heteroatoms. The van der Waals surface area contributed by atoms with E-state index >= 15 is 0 Å². The lowest BCUT2D eigenvalue weighted by Crippen LogP contribution is -2.51. The fourth-order valence-electron chi connectivity index (χ4n) is 3.89. The molecule has 0 radical (unpaired) electrons. The lowest BCUT2D eigenvalue weighted by Gasteiger charge is -2.38. The number of aryl methyl sites for hydroxylation is 1. The average molecular weight is 433 g/mol. The van der Waals surface area contributed by atoms with Crippen LogP contribution in [0.5, 0.6) is 0 Å². The number of carbonyl (C=O) groups excluding carboxylic acids is 1. The number of benzene rings is 2. The second-order valence-corrected chi connectivity index (χ2v) is 10.1. The molecule has 1 atom stereocenters. The van der Waals surface area contributed by atoms with E-state index in [1.807, 2.05) is 12.1 Å². The fourth-order valence-corrected chi connectivity index (χ4v) is 5.49. The van der Waals surface area contributed by atoms with Crippen LogP contribution in [0, 0.1) is 11.2 Å². The molecule has 0 aliphatic carbocycles. The van der Waals surface area contributed by atoms with E-state index in [0.29, 0.717) is 24.9 Å². The first kappa shape index (κ1) is 22.4. The van der Waals surface area contributed by atoms with Gasteiger partial charge in [-0.1, -0.05) is 37.6 Å². The zero-order valence-electron chi connectivity index (χ0n) is 17.5. The Morgan fingerprint density at radius 2 is 1.90 bits per heavy atom. The molecule has 0 unspecified atom stereocenters. The second-order valence-electron chi connectivity index (χ2n) is 8.21. The van der Waals surface area contributed by atoms with Gasteiger partial charge in [-0.25, -0.2) is 12.8 Å². The van der Waals surface area contributed by atoms with E-state index in [1.54, 1.807) is 31.2 Å². The van der Waals surface area contributed by atoms with Crippen LogP contribution in [0.25, 0.3) is 0 Å². The van der Waals surface area contributed by atoms with Gasteiger partial charge in [0.15, 0.2) is 0 Å². The van der Waals surface area contributed by atoms with Crippen LogP contribution < -0.4 is 5.32 Å². The van der Waals surface area contributed by atoms with E-state index < -0.39 is 15.4 Å². The molecule has 1 aliphatic heterocycles. The van der Waals surface area contributed by atoms with Crippen LogP contribution >= 0.6 is 0 Å². The van der Waals surface area contributed by atoms with Crippen LogP contribution in [0.3, 0.4) is 0 Å². The molecule has 0 bridgehead atoms. The topological polar surface area (TPSA) is 66.5 Å². The smallest absolute Gasteiger partial charge is 0.243 e. The number of piperidine rings is 1. The standard InChI is InChI=1S/C23H29FN2O3S/c1-3-6-18-9-11-21(12-10-18)30(28,29)26-14-5-13-23(2,17-26)22(27)25-16-19-7-4-8-20(24)15-19/h4,7-12,15H,3,5-6,13-14,16-17H2,1-2H3,(H,25,27)/t23-/m0/s1. The maximum atomic E-state index is 13.3. The first-order chi connectivity index (χ1) is 14.2. The number of carbonyl (C=O) groups is 1. The maximum Gasteiger partial charge on any atom is 0.243 e. The van der Waals surface area contributed by atoms with E-state index in [4.69, 9.17) is 0 Å². The number of halogens is 1. The summed E-state index contributed by atoms with van der Waals surface area (Å²) in [5.74, 6) is -0.571. The Morgan fingerprint density at radius 1 is 1.17 bits per heavy atom. The highest BCUT2D eigenvalue weighted by Gasteiger charge is 2.41. The largest absolute Gasteiger partial charge is 0.352 e. The summed E-state index contributed by atoms with van der Waals surface area (Å²) in [6, 6.07) is 13.1. The molecule has 2 aromatic rings. The highest BCUT2D eigenvalue weighted by molar-refractivity contribution is 7.89. The van der Waals surface area contributed by atoms with Crippen LogP contribution in [-0.2, 0) is 27.8 Å². The molecule has 2 aromatic carbocycles. The molecule has 1 N–H and O–H groups in total. The van der Waals surface area contributed by atoms with Crippen molar-refractivity contribution in [2.45, 2.75) is 51.0 Å². The van der Waals surface area contributed by atoms with Crippen molar-refractivity contribution in [2.24, 2.45) is 5.41 Å². The molecule has 162 valence electrons. The molecule has 0 saturated carbocycles. The van der Waals surface area contributed by atoms with Crippen LogP contribution in [0.4, 0.5) is 4.39 Å². The monoisotopic (exact) mass is 432 g/mol. The molecule has 30 heavy (non-hydrogen) atoms. The summed E-state index contributed by atoms with van der Waals surface area (Å²) in [5.41, 5.74) is 0.942. The van der Waals surface area contributed by atoms with Gasteiger partial charge in [0.05, 0.1) is 10.3 Å². The summed E-state index contributed by atoms with van der Waals surface area (Å²) in [6.45, 7) is 4.60. The molecular formula is C23H29FN2O3S. The van der Waals surface area contributed by atoms with Crippen molar-refractivity contribution >= 4 is 15.9 Å². The van der Waals surface area contributed by atoms with Gasteiger partial charge in [0.2, 0.25) is 15.9 Å². The van der Waals surface area contributed by atoms with Crippen molar-refractivity contribution in [3.63, 3.8) is 0 Å². The number of nitrogens with one attached hydrogen (secondary N) is 1. The van der Waals surface area contributed by atoms with Gasteiger partial charge < -0.3 is 5.32 Å². The minimum Gasteiger partial charge on any atom is -0.352 e. The molecule has 1 fully saturated rings. The van der Waals surface area contributed by atoms with Gasteiger partial charge in [-0.3, -0.25) is 4.79 Å². The minimum absolute atomic E-state index is 0.126. The predicted octanol–water partition coefficient (Wildman–Crippen LogP) is 3.89. The fraction of sp³-hybridized carbons (Fsp3) is 0.435. The summed E-state index contributed by atoms with van der Waals surface area (Å²) in [6.07, 6.45) is 3.12. The third-order valence-electron chi connectivity index (χ3n) is 5.65. The van der Waals surface area contributed by atoms with Gasteiger partial charge in [-0.2, -0.15) is 4.31 Å². The Bertz CT molecular complexity index is 992. The third-order valence-corrected chi connectivity index (χ3v) is 7.51. The second kappa shape index (κ2) is 9.27. The van der Waals surface area contributed by atoms with Crippen LogP contribution in [-0.4, -0.2) is 31.7 Å². The quantitative estimate of drug-likeness (QED) is 0.722. The predicted molar refractivity (Wildman–Crippen MR) is 115 cm³/mol. The summed E-state index contributed by atoms with van der Waals surface area (Å²) in [4.78, 5) is 13.1. The molecule has 1 aliphatic rings. The highest BCUT2D eigenvalue weighted by Crippen LogP contribution is 2.33. The molecule has 1 heterocycles. The SMILES string of the molecule is CCCc1ccc(S(=O)(=O)N2CCC[C@](C)(C(=O)NCc3cccc(F)c3)C2)cc1. The Morgan fingerprint density at radius 3 is 2.57 bits per heavy atom. The minimum atomic E-state index is -3.67. The van der Waals surface area contributed by atoms with E-state index in [9.17, 15) is 17.6 Å². The van der Waals surface area contributed by atoms with Gasteiger partial charge >= 0.3 is 0 Å². The number of hydrogen-bond donors (Lipinski definition) is 1. The van der Waals surface area contributed by atoms with Crippen LogP contribution in [0.1, 0.15) is 44.2 Å². The lowest BCUT2D eigenvalue weighted by molar-refractivity contribution is -0.132. The molecule has 0 aromatic heterocycles. The lowest BCUT2D eigenvalue weighted by atomic mass is 9.82. The zero-order valence-corrected chi connectivity index (χ0v) is 18.3. The first-order valence-corrected chi connectivity index (χ1v) is 11.8. The number of nitrogens with zero attached hydrogens (tertiary/aromatic N) is 1. The molecule has 3 rings (SSSR count). The van der Waals surface area contributed by atoms with E-state index in [-0.39, 0.29) is 29.7 Å². The van der Waals surface area contributed by atoms with Crippen molar-refractivity contribution in [1.82, 2.24) is 9.62 Å². The van der Waals surface area contributed by atoms with Crippen molar-refractivity contribution in [1.29, 1.82) is 0 Å². The van der Waals surface area contributed by atoms with Crippen LogP contribution in [0.2, 0.25) is 0 Å². The Hall–Kier alpha value is -2.25. The van der Waals surface area contributed by atoms with E-state index in [1.165, 1.54) is 16.4 Å². The van der Waals surface area contributed by atoms with Gasteiger partial charge in [0.1, 0.15) is 5.82 Å². The van der Waals surface area contributed by atoms with E-state index in [2.05, 4.69) is 12.2 Å². The van der Waals surface area contributed by atoms with Gasteiger partial charge in [-0.05, 0) is 61.6 Å². The van der Waals surface area contributed by atoms with Crippen molar-refractivity contribution in [3.05, 3.63) is 65.5 Å². The summed E-state index contributed by atoms with van der Waals surface area (Å²) < 4.78 is 41.0. The summed E-state index contributed by atoms with van der Waals surface area (Å²) in [5, 5.41) is 2.84. The molecule has 1 amide bonds. The number of amides is 1. The number of sulfonamides is 1. The molecule has 5 nitrogen and oxygen atoms in total. The average Bonchev–Trinajstić information content (AvgIpc) is 2.73. The van der Waals surface area contributed by atoms with Gasteiger partial charge in [0, 0.05) is 19.6 Å². The Labute approximate surface area is 178 Å². The normalized spacial score (nSPS) is 20.1. The summed E-state index contributed by atoms with van der Waals surface area (Å²) in [7, 11) is -3.67. The Balaban J connectivity index is 1.70. The number of hydrogen-bond acceptors (Lipinski definition) is 3. The van der Waals surface area contributed by atoms with Crippen molar-refractivity contribution in [2.75, 3.05) is 13.1 Å². The third kappa shape index (κ3) is 5.08. The maximum absolute atomic E-state index is 13.3. The van der Waals surface area contributed by atoms with Crippen LogP contribution in [0.15, 0.2) is 53.4 Å². The van der Waals surface area contributed by atoms with Gasteiger partial charge in [-0.15, -0.1) is 0 Å². The summed E-state index contributed by atoms with van der Waals surface area (Å²) >= 11 is 0. The van der Waals surface area contributed by atoms with Crippen molar-refractivity contribution < 1.29 is 17.6 Å². The molecule has 1 saturated heterocycles. The van der Waals surface area contributed by atoms with Gasteiger partial charge in [0.25, 0.3) is 0 Å². The number of rotatable bonds is 7. The molecular weight excluding hydrogens is 403 g/mol. The van der Waals surface area contributed by atoms with E-state index in [0.717, 1.165) is 18.4 Å². The first-order valence-electron chi connectivity index (χ1n) is 10.4. The zero-order chi connectivity index (χ0) is 21.8. The highest BCUT2D eigenvalue weighted by atomic mass is 32.2.